The number of aromatic hydroxyl groups is 1. The van der Waals surface area contributed by atoms with E-state index in [4.69, 9.17) is 5.11 Å². The van der Waals surface area contributed by atoms with Crippen LogP contribution >= 0.6 is 0 Å². The van der Waals surface area contributed by atoms with Crippen molar-refractivity contribution in [1.29, 1.82) is 0 Å². The molecular weight excluding hydrogens is 654 g/mol. The molecule has 0 aromatic heterocycles. The van der Waals surface area contributed by atoms with E-state index in [2.05, 4.69) is 49.2 Å². The molecule has 1 aliphatic heterocycles. The summed E-state index contributed by atoms with van der Waals surface area (Å²) in [5.74, 6) is 6.26. The highest BCUT2D eigenvalue weighted by molar-refractivity contribution is 5.66. The van der Waals surface area contributed by atoms with Crippen LogP contribution in [0.15, 0.2) is 65.8 Å². The normalized spacial score (nSPS) is 20.5. The molecule has 0 spiro atoms. The highest BCUT2D eigenvalue weighted by Gasteiger charge is 2.35. The lowest BCUT2D eigenvalue weighted by Crippen LogP contribution is -2.54. The van der Waals surface area contributed by atoms with Crippen molar-refractivity contribution in [1.82, 2.24) is 5.32 Å². The zero-order valence-corrected chi connectivity index (χ0v) is 31.6. The third-order valence-electron chi connectivity index (χ3n) is 10.2. The molecule has 7 N–H and O–H groups in total. The van der Waals surface area contributed by atoms with E-state index in [9.17, 15) is 30.3 Å². The molecule has 0 saturated carbocycles. The Morgan fingerprint density at radius 3 is 2.46 bits per heavy atom. The predicted octanol–water partition coefficient (Wildman–Crippen LogP) is 6.93. The number of benzene rings is 2. The molecule has 8 nitrogen and oxygen atoms in total. The van der Waals surface area contributed by atoms with Crippen LogP contribution in [0.4, 0.5) is 0 Å². The number of carbonyl (C=O) groups is 1. The van der Waals surface area contributed by atoms with Crippen LogP contribution in [0.25, 0.3) is 0 Å². The van der Waals surface area contributed by atoms with Crippen molar-refractivity contribution in [3.8, 4) is 17.6 Å². The van der Waals surface area contributed by atoms with Gasteiger partial charge in [-0.25, -0.2) is 0 Å². The fraction of sp³-hybridized carbons (Fsp3) is 0.568. The highest BCUT2D eigenvalue weighted by Crippen LogP contribution is 2.30. The second-order valence-corrected chi connectivity index (χ2v) is 14.6. The van der Waals surface area contributed by atoms with Crippen LogP contribution in [0.2, 0.25) is 0 Å². The van der Waals surface area contributed by atoms with Crippen molar-refractivity contribution in [3.63, 3.8) is 0 Å². The molecule has 0 aliphatic carbocycles. The number of phenolic OH excluding ortho intramolecular Hbond substituents is 1. The minimum Gasteiger partial charge on any atom is -0.508 e. The molecule has 1 heterocycles. The molecule has 0 amide bonds. The summed E-state index contributed by atoms with van der Waals surface area (Å²) < 4.78 is 0. The van der Waals surface area contributed by atoms with Crippen LogP contribution in [0, 0.1) is 11.8 Å². The molecule has 2 aromatic rings. The van der Waals surface area contributed by atoms with Gasteiger partial charge in [0.05, 0.1) is 24.4 Å². The molecule has 1 aliphatic rings. The Balaban J connectivity index is 2.18. The Kier molecular flexibility index (Phi) is 18.7. The molecule has 286 valence electrons. The summed E-state index contributed by atoms with van der Waals surface area (Å²) in [5.41, 5.74) is 4.78. The first-order valence-electron chi connectivity index (χ1n) is 19.4. The molecule has 0 unspecified atom stereocenters. The predicted molar refractivity (Wildman–Crippen MR) is 208 cm³/mol. The number of nitrogens with one attached hydrogen (secondary N) is 1. The Bertz CT molecular complexity index is 1500. The van der Waals surface area contributed by atoms with E-state index < -0.39 is 36.4 Å². The average Bonchev–Trinajstić information content (AvgIpc) is 3.11. The number of aliphatic hydroxyl groups is 4. The third-order valence-corrected chi connectivity index (χ3v) is 10.2. The van der Waals surface area contributed by atoms with Gasteiger partial charge in [-0.15, -0.1) is 0 Å². The second kappa shape index (κ2) is 22.6. The summed E-state index contributed by atoms with van der Waals surface area (Å²) in [5, 5.41) is 67.1. The number of phenols is 1. The molecule has 52 heavy (non-hydrogen) atoms. The number of unbranched alkanes of at least 4 members (excludes halogenated alkanes) is 5. The number of aryl methyl sites for hydroxylation is 2. The topological polar surface area (TPSA) is 150 Å². The maximum absolute atomic E-state index is 12.2. The number of carboxylic acid groups (broad SMARTS) is 1. The van der Waals surface area contributed by atoms with Gasteiger partial charge in [0.1, 0.15) is 5.75 Å². The highest BCUT2D eigenvalue weighted by atomic mass is 16.4. The van der Waals surface area contributed by atoms with Crippen LogP contribution in [0.3, 0.4) is 0 Å². The van der Waals surface area contributed by atoms with Crippen molar-refractivity contribution >= 4 is 5.97 Å². The monoisotopic (exact) mass is 717 g/mol. The Hall–Kier alpha value is -3.45. The summed E-state index contributed by atoms with van der Waals surface area (Å²) in [7, 11) is 0. The van der Waals surface area contributed by atoms with Crippen molar-refractivity contribution in [2.24, 2.45) is 0 Å². The Morgan fingerprint density at radius 2 is 1.77 bits per heavy atom. The zero-order chi connectivity index (χ0) is 37.9. The lowest BCUT2D eigenvalue weighted by atomic mass is 9.83. The van der Waals surface area contributed by atoms with E-state index in [1.54, 1.807) is 31.2 Å². The van der Waals surface area contributed by atoms with Gasteiger partial charge in [0.25, 0.3) is 0 Å². The van der Waals surface area contributed by atoms with Gasteiger partial charge in [0, 0.05) is 36.9 Å². The average molecular weight is 718 g/mol. The number of aliphatic hydroxyl groups excluding tert-OH is 3. The number of hydrogen-bond acceptors (Lipinski definition) is 7. The largest absolute Gasteiger partial charge is 0.508 e. The van der Waals surface area contributed by atoms with Gasteiger partial charge in [0.2, 0.25) is 0 Å². The molecule has 0 saturated heterocycles. The maximum atomic E-state index is 12.2. The van der Waals surface area contributed by atoms with Crippen LogP contribution < -0.4 is 5.32 Å². The lowest BCUT2D eigenvalue weighted by Gasteiger charge is -2.38. The zero-order valence-electron chi connectivity index (χ0n) is 31.6. The summed E-state index contributed by atoms with van der Waals surface area (Å²) in [4.78, 5) is 11.1. The minimum atomic E-state index is -1.27. The van der Waals surface area contributed by atoms with Crippen molar-refractivity contribution in [2.75, 3.05) is 6.61 Å². The quantitative estimate of drug-likeness (QED) is 0.0576. The van der Waals surface area contributed by atoms with Crippen molar-refractivity contribution < 1.29 is 35.4 Å². The van der Waals surface area contributed by atoms with Gasteiger partial charge in [-0.1, -0.05) is 107 Å². The number of allylic oxidation sites excluding steroid dienone is 2. The molecule has 8 heteroatoms. The lowest BCUT2D eigenvalue weighted by molar-refractivity contribution is -0.137. The van der Waals surface area contributed by atoms with E-state index >= 15 is 0 Å². The number of rotatable bonds is 20. The maximum Gasteiger partial charge on any atom is 0.303 e. The van der Waals surface area contributed by atoms with Crippen LogP contribution in [-0.4, -0.2) is 73.1 Å². The van der Waals surface area contributed by atoms with E-state index in [1.165, 1.54) is 0 Å². The summed E-state index contributed by atoms with van der Waals surface area (Å²) >= 11 is 0. The molecule has 0 fully saturated rings. The Labute approximate surface area is 311 Å². The van der Waals surface area contributed by atoms with Gasteiger partial charge in [-0.3, -0.25) is 4.79 Å². The van der Waals surface area contributed by atoms with Crippen molar-refractivity contribution in [2.45, 2.75) is 153 Å². The van der Waals surface area contributed by atoms with Crippen LogP contribution in [0.1, 0.15) is 126 Å². The molecule has 5 atom stereocenters. The van der Waals surface area contributed by atoms with E-state index in [0.717, 1.165) is 78.3 Å². The number of hydrogen-bond donors (Lipinski definition) is 7. The van der Waals surface area contributed by atoms with Crippen molar-refractivity contribution in [3.05, 3.63) is 88.0 Å². The fourth-order valence-corrected chi connectivity index (χ4v) is 7.11. The SMILES string of the molecule is CCCCC[C@H](O)/C=C/C1=C(\C[C@H](O)CO)[C@H](CCCCCCC(=O)O)N[C@@H]([C@@](C)(O)Cc2ccc(O)cc2)CC#Cc2c(CC)cccc2CC1. The summed E-state index contributed by atoms with van der Waals surface area (Å²) in [6.45, 7) is 5.66. The van der Waals surface area contributed by atoms with Gasteiger partial charge in [0.15, 0.2) is 0 Å². The van der Waals surface area contributed by atoms with E-state index in [0.29, 0.717) is 44.9 Å². The number of fused-ring (bicyclic) bond motifs is 1. The summed E-state index contributed by atoms with van der Waals surface area (Å²) in [6, 6.07) is 12.3. The smallest absolute Gasteiger partial charge is 0.303 e. The number of carboxylic acids is 1. The molecule has 3 rings (SSSR count). The molecule has 0 bridgehead atoms. The third kappa shape index (κ3) is 14.5. The number of aliphatic carboxylic acids is 1. The van der Waals surface area contributed by atoms with Gasteiger partial charge >= 0.3 is 5.97 Å². The van der Waals surface area contributed by atoms with Crippen LogP contribution in [0.5, 0.6) is 5.75 Å². The molecule has 2 aromatic carbocycles. The van der Waals surface area contributed by atoms with Gasteiger partial charge in [-0.2, -0.15) is 0 Å². The standard InChI is InChI=1S/C44H63NO7/c1-4-6-9-16-36(47)28-25-35-24-23-34-15-12-14-33(5-2)39(34)17-13-19-42(44(3,52)30-32-21-26-37(48)27-22-32)45-41(40(35)29-38(49)31-46)18-10-7-8-11-20-43(50)51/h12,14-15,21-22,25-28,36,38,41-42,45-49,52H,4-11,16,18-20,23-24,29-31H2,1-3H3,(H,50,51)/b28-25+,40-35+/t36-,38-,41-,42+,44-/m0/s1. The molecule has 0 radical (unpaired) electrons. The Morgan fingerprint density at radius 1 is 1.02 bits per heavy atom. The van der Waals surface area contributed by atoms with Gasteiger partial charge in [-0.05, 0) is 91.8 Å². The van der Waals surface area contributed by atoms with E-state index in [-0.39, 0.29) is 24.6 Å². The molecular formula is C44H63NO7. The minimum absolute atomic E-state index is 0.132. The summed E-state index contributed by atoms with van der Waals surface area (Å²) in [6.07, 6.45) is 12.7. The fourth-order valence-electron chi connectivity index (χ4n) is 7.11. The second-order valence-electron chi connectivity index (χ2n) is 14.6. The first-order valence-corrected chi connectivity index (χ1v) is 19.4. The first kappa shape index (κ1) is 43.0. The van der Waals surface area contributed by atoms with E-state index in [1.807, 2.05) is 12.2 Å². The van der Waals surface area contributed by atoms with Gasteiger partial charge < -0.3 is 36.0 Å². The van der Waals surface area contributed by atoms with Crippen LogP contribution in [-0.2, 0) is 24.1 Å². The first-order chi connectivity index (χ1) is 25.0.